The maximum absolute atomic E-state index is 10.4. The number of aromatic nitrogens is 3. The standard InChI is InChI=1S/C35H49N7OS/c1-34(43)10-8-23(9-11-34)19-38-30-26-13-24-14-27(30)17-35(15-24,16-26)22-41-31-28(18-36)21-40-33(42-31)39-20-25-5-4-12-37-32(25)44-29-6-2-3-7-29/h4-5,12,21,23-24,26-27,29-30,38,43H,2-3,6-11,13-17,19-20,22H2,1H3,(H2,39,40,41,42)/t23-,24?,26-,27+,30-,34-,35-. The van der Waals surface area contributed by atoms with Gasteiger partial charge in [0.1, 0.15) is 22.5 Å². The highest BCUT2D eigenvalue weighted by Gasteiger charge is 2.55. The first-order valence-corrected chi connectivity index (χ1v) is 18.1. The van der Waals surface area contributed by atoms with Crippen LogP contribution >= 0.6 is 11.8 Å². The van der Waals surface area contributed by atoms with Crippen molar-refractivity contribution in [3.63, 3.8) is 0 Å². The number of rotatable bonds is 11. The molecule has 6 aliphatic rings. The molecular formula is C35H49N7OS. The molecule has 4 N–H and O–H groups in total. The minimum Gasteiger partial charge on any atom is -0.390 e. The topological polar surface area (TPSA) is 119 Å². The third kappa shape index (κ3) is 6.73. The maximum atomic E-state index is 10.4. The molecular weight excluding hydrogens is 567 g/mol. The Morgan fingerprint density at radius 1 is 1.05 bits per heavy atom. The number of aliphatic hydroxyl groups is 1. The molecule has 8 nitrogen and oxygen atoms in total. The van der Waals surface area contributed by atoms with Crippen LogP contribution in [0.3, 0.4) is 0 Å². The van der Waals surface area contributed by atoms with Crippen LogP contribution in [0.15, 0.2) is 29.6 Å². The molecule has 0 amide bonds. The monoisotopic (exact) mass is 615 g/mol. The number of thioether (sulfide) groups is 1. The van der Waals surface area contributed by atoms with Crippen molar-refractivity contribution in [3.05, 3.63) is 35.7 Å². The van der Waals surface area contributed by atoms with Gasteiger partial charge in [0, 0.05) is 36.1 Å². The molecule has 0 radical (unpaired) electrons. The number of nitrogens with one attached hydrogen (secondary N) is 3. The Bertz CT molecular complexity index is 1330. The number of hydrogen-bond acceptors (Lipinski definition) is 9. The number of nitriles is 1. The second-order valence-electron chi connectivity index (χ2n) is 15.1. The summed E-state index contributed by atoms with van der Waals surface area (Å²) in [6.07, 6.45) is 19.4. The molecule has 2 heterocycles. The fraction of sp³-hybridized carbons (Fsp3) is 0.714. The van der Waals surface area contributed by atoms with Gasteiger partial charge in [0.2, 0.25) is 5.95 Å². The van der Waals surface area contributed by atoms with Gasteiger partial charge < -0.3 is 21.1 Å². The summed E-state index contributed by atoms with van der Waals surface area (Å²) < 4.78 is 0. The van der Waals surface area contributed by atoms with Crippen molar-refractivity contribution in [2.75, 3.05) is 23.7 Å². The lowest BCUT2D eigenvalue weighted by Gasteiger charge is -2.60. The molecule has 44 heavy (non-hydrogen) atoms. The Hall–Kier alpha value is -2.41. The fourth-order valence-corrected chi connectivity index (χ4v) is 10.8. The minimum atomic E-state index is -0.457. The highest BCUT2D eigenvalue weighted by molar-refractivity contribution is 7.99. The third-order valence-electron chi connectivity index (χ3n) is 11.6. The molecule has 5 atom stereocenters. The molecule has 2 aromatic heterocycles. The summed E-state index contributed by atoms with van der Waals surface area (Å²) in [6.45, 7) is 4.58. The lowest BCUT2D eigenvalue weighted by molar-refractivity contribution is -0.0711. The average molecular weight is 616 g/mol. The molecule has 6 fully saturated rings. The number of pyridine rings is 1. The van der Waals surface area contributed by atoms with E-state index in [9.17, 15) is 10.4 Å². The molecule has 0 spiro atoms. The number of anilines is 2. The average Bonchev–Trinajstić information content (AvgIpc) is 3.53. The Balaban J connectivity index is 0.963. The zero-order chi connectivity index (χ0) is 30.1. The molecule has 0 aromatic carbocycles. The van der Waals surface area contributed by atoms with Crippen LogP contribution in [0.4, 0.5) is 11.8 Å². The van der Waals surface area contributed by atoms with Gasteiger partial charge in [0.25, 0.3) is 0 Å². The second-order valence-corrected chi connectivity index (χ2v) is 16.4. The van der Waals surface area contributed by atoms with Crippen LogP contribution in [0, 0.1) is 40.4 Å². The summed E-state index contributed by atoms with van der Waals surface area (Å²) in [5, 5.41) is 33.1. The van der Waals surface area contributed by atoms with E-state index >= 15 is 0 Å². The van der Waals surface area contributed by atoms with Gasteiger partial charge in [0.05, 0.1) is 11.8 Å². The first-order chi connectivity index (χ1) is 21.4. The predicted octanol–water partition coefficient (Wildman–Crippen LogP) is 6.53. The first kappa shape index (κ1) is 30.3. The van der Waals surface area contributed by atoms with Gasteiger partial charge in [-0.3, -0.25) is 0 Å². The summed E-state index contributed by atoms with van der Waals surface area (Å²) in [5.74, 6) is 4.20. The van der Waals surface area contributed by atoms with E-state index < -0.39 is 5.60 Å². The summed E-state index contributed by atoms with van der Waals surface area (Å²) in [6, 6.07) is 7.07. The van der Waals surface area contributed by atoms with Gasteiger partial charge in [-0.1, -0.05) is 18.9 Å². The zero-order valence-corrected chi connectivity index (χ0v) is 27.0. The van der Waals surface area contributed by atoms with E-state index in [4.69, 9.17) is 4.98 Å². The van der Waals surface area contributed by atoms with Crippen LogP contribution in [0.2, 0.25) is 0 Å². The molecule has 8 rings (SSSR count). The van der Waals surface area contributed by atoms with Crippen molar-refractivity contribution in [2.45, 2.75) is 119 Å². The Kier molecular flexibility index (Phi) is 8.78. The normalized spacial score (nSPS) is 34.6. The van der Waals surface area contributed by atoms with E-state index in [-0.39, 0.29) is 5.41 Å². The number of nitrogens with zero attached hydrogens (tertiary/aromatic N) is 4. The van der Waals surface area contributed by atoms with E-state index in [2.05, 4.69) is 38.1 Å². The maximum Gasteiger partial charge on any atom is 0.224 e. The van der Waals surface area contributed by atoms with Crippen molar-refractivity contribution in [1.82, 2.24) is 20.3 Å². The smallest absolute Gasteiger partial charge is 0.224 e. The van der Waals surface area contributed by atoms with E-state index in [1.165, 1.54) is 63.4 Å². The van der Waals surface area contributed by atoms with E-state index in [0.717, 1.165) is 61.6 Å². The molecule has 236 valence electrons. The SMILES string of the molecule is C[C@]1(O)CC[C@H](CN[C@@H]2[C@@H]3CC4C[C@H]2C[C@@](CNc2nc(NCc5cccnc5SC5CCCC5)ncc2C#N)(C4)C3)CC1. The molecule has 9 heteroatoms. The van der Waals surface area contributed by atoms with Gasteiger partial charge in [0.15, 0.2) is 0 Å². The molecule has 6 saturated carbocycles. The second kappa shape index (κ2) is 12.8. The van der Waals surface area contributed by atoms with Crippen molar-refractivity contribution >= 4 is 23.5 Å². The lowest BCUT2D eigenvalue weighted by Crippen LogP contribution is -2.60. The fourth-order valence-electron chi connectivity index (χ4n) is 9.51. The predicted molar refractivity (Wildman–Crippen MR) is 175 cm³/mol. The van der Waals surface area contributed by atoms with Crippen LogP contribution in [-0.2, 0) is 6.54 Å². The molecule has 1 unspecified atom stereocenters. The van der Waals surface area contributed by atoms with Crippen molar-refractivity contribution < 1.29 is 5.11 Å². The van der Waals surface area contributed by atoms with E-state index in [0.29, 0.717) is 41.1 Å². The highest BCUT2D eigenvalue weighted by Crippen LogP contribution is 2.60. The summed E-state index contributed by atoms with van der Waals surface area (Å²) in [7, 11) is 0. The molecule has 2 aromatic rings. The van der Waals surface area contributed by atoms with Crippen LogP contribution < -0.4 is 16.0 Å². The number of hydrogen-bond donors (Lipinski definition) is 4. The van der Waals surface area contributed by atoms with Gasteiger partial charge in [-0.05, 0) is 119 Å². The van der Waals surface area contributed by atoms with Crippen LogP contribution in [0.5, 0.6) is 0 Å². The van der Waals surface area contributed by atoms with Crippen molar-refractivity contribution in [1.29, 1.82) is 5.26 Å². The summed E-state index contributed by atoms with van der Waals surface area (Å²) in [5.41, 5.74) is 1.50. The van der Waals surface area contributed by atoms with Crippen molar-refractivity contribution in [2.24, 2.45) is 29.1 Å². The Morgan fingerprint density at radius 3 is 2.57 bits per heavy atom. The van der Waals surface area contributed by atoms with E-state index in [1.807, 2.05) is 30.9 Å². The van der Waals surface area contributed by atoms with Gasteiger partial charge in [-0.25, -0.2) is 9.97 Å². The molecule has 0 saturated heterocycles. The summed E-state index contributed by atoms with van der Waals surface area (Å²) >= 11 is 1.91. The first-order valence-electron chi connectivity index (χ1n) is 17.2. The molecule has 0 aliphatic heterocycles. The minimum absolute atomic E-state index is 0.283. The van der Waals surface area contributed by atoms with Crippen molar-refractivity contribution in [3.8, 4) is 6.07 Å². The third-order valence-corrected chi connectivity index (χ3v) is 13.0. The largest absolute Gasteiger partial charge is 0.390 e. The van der Waals surface area contributed by atoms with Gasteiger partial charge in [-0.15, -0.1) is 11.8 Å². The van der Waals surface area contributed by atoms with Crippen LogP contribution in [0.25, 0.3) is 0 Å². The van der Waals surface area contributed by atoms with Crippen LogP contribution in [-0.4, -0.2) is 50.0 Å². The molecule has 6 aliphatic carbocycles. The zero-order valence-electron chi connectivity index (χ0n) is 26.2. The molecule has 4 bridgehead atoms. The van der Waals surface area contributed by atoms with E-state index in [1.54, 1.807) is 6.20 Å². The van der Waals surface area contributed by atoms with Gasteiger partial charge in [-0.2, -0.15) is 10.2 Å². The highest BCUT2D eigenvalue weighted by atomic mass is 32.2. The lowest BCUT2D eigenvalue weighted by atomic mass is 9.48. The van der Waals surface area contributed by atoms with Gasteiger partial charge >= 0.3 is 0 Å². The Labute approximate surface area is 267 Å². The summed E-state index contributed by atoms with van der Waals surface area (Å²) in [4.78, 5) is 14.0. The van der Waals surface area contributed by atoms with Crippen LogP contribution in [0.1, 0.15) is 102 Å². The quantitative estimate of drug-likeness (QED) is 0.224. The Morgan fingerprint density at radius 2 is 1.82 bits per heavy atom.